The van der Waals surface area contributed by atoms with Crippen LogP contribution in [0, 0.1) is 0 Å². The van der Waals surface area contributed by atoms with Gasteiger partial charge in [0.25, 0.3) is 0 Å². The van der Waals surface area contributed by atoms with Crippen LogP contribution in [-0.2, 0) is 6.54 Å². The van der Waals surface area contributed by atoms with Crippen molar-refractivity contribution in [3.05, 3.63) is 41.5 Å². The molecule has 1 aromatic carbocycles. The lowest BCUT2D eigenvalue weighted by molar-refractivity contribution is 0.215. The fraction of sp³-hybridized carbons (Fsp3) is 0.444. The molecule has 1 fully saturated rings. The molecule has 0 spiro atoms. The third kappa shape index (κ3) is 4.28. The Balaban J connectivity index is 1.52. The van der Waals surface area contributed by atoms with Gasteiger partial charge in [0.05, 0.1) is 0 Å². The summed E-state index contributed by atoms with van der Waals surface area (Å²) in [5, 5.41) is 8.59. The van der Waals surface area contributed by atoms with Crippen LogP contribution in [0.1, 0.15) is 31.2 Å². The first-order chi connectivity index (χ1) is 11.7. The van der Waals surface area contributed by atoms with Crippen LogP contribution in [0.25, 0.3) is 0 Å². The maximum atomic E-state index is 12.1. The number of carbonyl (C=O) groups is 2. The van der Waals surface area contributed by atoms with Crippen LogP contribution >= 0.6 is 0 Å². The van der Waals surface area contributed by atoms with Gasteiger partial charge in [-0.1, -0.05) is 29.8 Å². The summed E-state index contributed by atoms with van der Waals surface area (Å²) < 4.78 is 0. The van der Waals surface area contributed by atoms with E-state index in [0.29, 0.717) is 26.2 Å². The summed E-state index contributed by atoms with van der Waals surface area (Å²) in [6.07, 6.45) is 6.75. The van der Waals surface area contributed by atoms with E-state index in [0.717, 1.165) is 24.1 Å². The Hall–Kier alpha value is -2.50. The zero-order valence-electron chi connectivity index (χ0n) is 13.8. The number of hydrogen-bond donors (Lipinski definition) is 3. The molecule has 1 aliphatic heterocycles. The lowest BCUT2D eigenvalue weighted by atomic mass is 10.1. The number of benzene rings is 1. The molecule has 0 saturated carbocycles. The van der Waals surface area contributed by atoms with Crippen molar-refractivity contribution < 1.29 is 9.59 Å². The molecule has 1 aliphatic carbocycles. The molecule has 0 atom stereocenters. The van der Waals surface area contributed by atoms with Crippen LogP contribution in [0.5, 0.6) is 0 Å². The van der Waals surface area contributed by atoms with Gasteiger partial charge in [-0.05, 0) is 37.3 Å². The van der Waals surface area contributed by atoms with Crippen molar-refractivity contribution >= 4 is 17.7 Å². The molecule has 6 heteroatoms. The van der Waals surface area contributed by atoms with E-state index in [2.05, 4.69) is 22.0 Å². The molecule has 1 heterocycles. The molecule has 6 nitrogen and oxygen atoms in total. The molecular formula is C18H24N4O2. The number of carbonyl (C=O) groups excluding carboxylic acids is 2. The highest BCUT2D eigenvalue weighted by Crippen LogP contribution is 2.20. The quantitative estimate of drug-likeness (QED) is 0.703. The zero-order valence-corrected chi connectivity index (χ0v) is 13.8. The number of rotatable bonds is 6. The zero-order chi connectivity index (χ0) is 16.8. The van der Waals surface area contributed by atoms with E-state index < -0.39 is 0 Å². The molecule has 0 unspecified atom stereocenters. The summed E-state index contributed by atoms with van der Waals surface area (Å²) in [5.74, 6) is 0. The molecule has 2 aliphatic rings. The summed E-state index contributed by atoms with van der Waals surface area (Å²) in [7, 11) is 0. The predicted molar refractivity (Wildman–Crippen MR) is 93.8 cm³/mol. The van der Waals surface area contributed by atoms with Crippen molar-refractivity contribution in [1.29, 1.82) is 0 Å². The third-order valence-corrected chi connectivity index (χ3v) is 4.44. The number of urea groups is 2. The van der Waals surface area contributed by atoms with Crippen LogP contribution < -0.4 is 16.0 Å². The van der Waals surface area contributed by atoms with E-state index in [-0.39, 0.29) is 12.1 Å². The third-order valence-electron chi connectivity index (χ3n) is 4.44. The first-order valence-electron chi connectivity index (χ1n) is 8.56. The van der Waals surface area contributed by atoms with E-state index in [4.69, 9.17) is 0 Å². The number of hydrogen-bond acceptors (Lipinski definition) is 2. The molecule has 24 heavy (non-hydrogen) atoms. The average Bonchev–Trinajstić information content (AvgIpc) is 3.22. The summed E-state index contributed by atoms with van der Waals surface area (Å²) in [6, 6.07) is 7.34. The Kier molecular flexibility index (Phi) is 5.36. The number of para-hydroxylation sites is 1. The molecule has 4 amide bonds. The molecule has 3 N–H and O–H groups in total. The standard InChI is InChI=1S/C18H24N4O2/c23-17(19-10-9-14-5-1-2-6-14)21-16-8-4-3-7-15(16)13-22-12-11-20-18(22)24/h3-5,7-8H,1-2,6,9-13H2,(H,20,24)(H2,19,21,23). The minimum absolute atomic E-state index is 0.0564. The highest BCUT2D eigenvalue weighted by Gasteiger charge is 2.20. The number of amides is 4. The Labute approximate surface area is 142 Å². The monoisotopic (exact) mass is 328 g/mol. The number of allylic oxidation sites excluding steroid dienone is 1. The molecule has 1 saturated heterocycles. The topological polar surface area (TPSA) is 73.5 Å². The van der Waals surface area contributed by atoms with Crippen LogP contribution in [0.2, 0.25) is 0 Å². The second-order valence-corrected chi connectivity index (χ2v) is 6.20. The Morgan fingerprint density at radius 1 is 1.29 bits per heavy atom. The molecule has 3 rings (SSSR count). The highest BCUT2D eigenvalue weighted by atomic mass is 16.2. The van der Waals surface area contributed by atoms with E-state index in [1.807, 2.05) is 24.3 Å². The van der Waals surface area contributed by atoms with Gasteiger partial charge in [-0.3, -0.25) is 0 Å². The summed E-state index contributed by atoms with van der Waals surface area (Å²) in [5.41, 5.74) is 3.12. The highest BCUT2D eigenvalue weighted by molar-refractivity contribution is 5.90. The second-order valence-electron chi connectivity index (χ2n) is 6.20. The maximum absolute atomic E-state index is 12.1. The van der Waals surface area contributed by atoms with Gasteiger partial charge >= 0.3 is 12.1 Å². The van der Waals surface area contributed by atoms with Gasteiger partial charge in [0.1, 0.15) is 0 Å². The predicted octanol–water partition coefficient (Wildman–Crippen LogP) is 2.83. The fourth-order valence-corrected chi connectivity index (χ4v) is 3.12. The molecule has 128 valence electrons. The van der Waals surface area contributed by atoms with Crippen LogP contribution in [0.15, 0.2) is 35.9 Å². The molecule has 0 aromatic heterocycles. The molecule has 0 radical (unpaired) electrons. The van der Waals surface area contributed by atoms with E-state index in [1.54, 1.807) is 4.90 Å². The number of nitrogens with zero attached hydrogens (tertiary/aromatic N) is 1. The van der Waals surface area contributed by atoms with Crippen molar-refractivity contribution in [2.45, 2.75) is 32.2 Å². The average molecular weight is 328 g/mol. The van der Waals surface area contributed by atoms with Gasteiger partial charge in [0, 0.05) is 31.9 Å². The van der Waals surface area contributed by atoms with Crippen LogP contribution in [0.3, 0.4) is 0 Å². The van der Waals surface area contributed by atoms with Crippen molar-refractivity contribution in [1.82, 2.24) is 15.5 Å². The van der Waals surface area contributed by atoms with E-state index >= 15 is 0 Å². The van der Waals surface area contributed by atoms with Crippen molar-refractivity contribution in [3.63, 3.8) is 0 Å². The van der Waals surface area contributed by atoms with E-state index in [9.17, 15) is 9.59 Å². The van der Waals surface area contributed by atoms with Gasteiger partial charge in [0.2, 0.25) is 0 Å². The van der Waals surface area contributed by atoms with Crippen molar-refractivity contribution in [3.8, 4) is 0 Å². The van der Waals surface area contributed by atoms with Crippen LogP contribution in [-0.4, -0.2) is 36.6 Å². The number of nitrogens with one attached hydrogen (secondary N) is 3. The molecule has 0 bridgehead atoms. The Morgan fingerprint density at radius 3 is 2.92 bits per heavy atom. The summed E-state index contributed by atoms with van der Waals surface area (Å²) in [4.78, 5) is 25.5. The minimum Gasteiger partial charge on any atom is -0.338 e. The van der Waals surface area contributed by atoms with E-state index in [1.165, 1.54) is 18.4 Å². The largest absolute Gasteiger partial charge is 0.338 e. The Bertz CT molecular complexity index is 642. The summed E-state index contributed by atoms with van der Waals surface area (Å²) in [6.45, 7) is 2.50. The summed E-state index contributed by atoms with van der Waals surface area (Å²) >= 11 is 0. The first kappa shape index (κ1) is 16.4. The van der Waals surface area contributed by atoms with Crippen molar-refractivity contribution in [2.75, 3.05) is 25.0 Å². The van der Waals surface area contributed by atoms with Gasteiger partial charge in [-0.2, -0.15) is 0 Å². The number of anilines is 1. The lowest BCUT2D eigenvalue weighted by Gasteiger charge is -2.17. The van der Waals surface area contributed by atoms with Gasteiger partial charge < -0.3 is 20.9 Å². The minimum atomic E-state index is -0.202. The SMILES string of the molecule is O=C(NCCC1=CCCC1)Nc1ccccc1CN1CCNC1=O. The normalized spacial score (nSPS) is 16.8. The molecular weight excluding hydrogens is 304 g/mol. The molecule has 1 aromatic rings. The smallest absolute Gasteiger partial charge is 0.319 e. The van der Waals surface area contributed by atoms with Gasteiger partial charge in [-0.25, -0.2) is 9.59 Å². The lowest BCUT2D eigenvalue weighted by Crippen LogP contribution is -2.31. The van der Waals surface area contributed by atoms with Crippen LogP contribution in [0.4, 0.5) is 15.3 Å². The second kappa shape index (κ2) is 7.86. The van der Waals surface area contributed by atoms with Gasteiger partial charge in [0.15, 0.2) is 0 Å². The Morgan fingerprint density at radius 2 is 2.17 bits per heavy atom. The fourth-order valence-electron chi connectivity index (χ4n) is 3.12. The first-order valence-corrected chi connectivity index (χ1v) is 8.56. The van der Waals surface area contributed by atoms with Crippen molar-refractivity contribution in [2.24, 2.45) is 0 Å². The maximum Gasteiger partial charge on any atom is 0.319 e. The van der Waals surface area contributed by atoms with Gasteiger partial charge in [-0.15, -0.1) is 0 Å².